The van der Waals surface area contributed by atoms with E-state index >= 15 is 0 Å². The van der Waals surface area contributed by atoms with Crippen LogP contribution in [-0.4, -0.2) is 42.6 Å². The number of benzene rings is 2. The standard InChI is InChI=1S/C24H28N2O5.Na/c1-3-31-24(30)20(14-13-17-9-5-4-6-10-17)26(22(27)16(2)25)19-12-8-7-11-18(19)15-21(26)23(28)29;/h4-12,16,20-21H,3,13-15,25H2,1-2H3;/q;+1/t16-,20-,21-,26?;/m0./s1. The van der Waals surface area contributed by atoms with Crippen molar-refractivity contribution in [1.29, 1.82) is 0 Å². The molecule has 2 N–H and O–H groups in total. The molecule has 1 heterocycles. The second kappa shape index (κ2) is 11.2. The van der Waals surface area contributed by atoms with Crippen molar-refractivity contribution in [2.45, 2.75) is 51.2 Å². The molecule has 7 nitrogen and oxygen atoms in total. The second-order valence-corrected chi connectivity index (χ2v) is 7.86. The molecule has 0 fully saturated rings. The Morgan fingerprint density at radius 3 is 2.34 bits per heavy atom. The summed E-state index contributed by atoms with van der Waals surface area (Å²) in [5.74, 6) is -2.54. The molecule has 2 aromatic carbocycles. The smallest absolute Gasteiger partial charge is 0.544 e. The van der Waals surface area contributed by atoms with Crippen molar-refractivity contribution in [3.8, 4) is 0 Å². The van der Waals surface area contributed by atoms with E-state index in [4.69, 9.17) is 10.5 Å². The third-order valence-corrected chi connectivity index (χ3v) is 5.92. The van der Waals surface area contributed by atoms with Crippen LogP contribution in [0.3, 0.4) is 0 Å². The number of ether oxygens (including phenoxy) is 1. The molecule has 1 aliphatic rings. The van der Waals surface area contributed by atoms with Gasteiger partial charge in [0, 0.05) is 18.4 Å². The first kappa shape index (κ1) is 26.2. The van der Waals surface area contributed by atoms with Crippen LogP contribution in [0.25, 0.3) is 0 Å². The van der Waals surface area contributed by atoms with E-state index < -0.39 is 40.5 Å². The maximum atomic E-state index is 13.7. The van der Waals surface area contributed by atoms with Crippen LogP contribution in [0.15, 0.2) is 54.6 Å². The van der Waals surface area contributed by atoms with Gasteiger partial charge in [-0.25, -0.2) is 14.1 Å². The number of aliphatic carboxylic acids is 1. The molecule has 4 atom stereocenters. The third kappa shape index (κ3) is 4.82. The number of fused-ring (bicyclic) bond motifs is 1. The van der Waals surface area contributed by atoms with Gasteiger partial charge >= 0.3 is 41.4 Å². The molecule has 0 aromatic heterocycles. The van der Waals surface area contributed by atoms with E-state index in [1.165, 1.54) is 6.92 Å². The summed E-state index contributed by atoms with van der Waals surface area (Å²) in [5, 5.41) is 12.3. The number of nitrogens with two attached hydrogens (primary N) is 1. The number of esters is 1. The maximum Gasteiger partial charge on any atom is 1.00 e. The number of rotatable bonds is 8. The third-order valence-electron chi connectivity index (χ3n) is 5.92. The van der Waals surface area contributed by atoms with E-state index in [2.05, 4.69) is 0 Å². The average Bonchev–Trinajstić information content (AvgIpc) is 3.10. The number of carboxylic acid groups (broad SMARTS) is 1. The average molecular weight is 447 g/mol. The van der Waals surface area contributed by atoms with Crippen LogP contribution < -0.4 is 44.9 Å². The normalized spacial score (nSPS) is 21.0. The maximum absolute atomic E-state index is 13.7. The summed E-state index contributed by atoms with van der Waals surface area (Å²) in [6.07, 6.45) is 0.774. The number of carboxylic acids is 1. The van der Waals surface area contributed by atoms with E-state index in [1.807, 2.05) is 30.3 Å². The Morgan fingerprint density at radius 2 is 1.75 bits per heavy atom. The van der Waals surface area contributed by atoms with Gasteiger partial charge in [0.05, 0.1) is 6.61 Å². The van der Waals surface area contributed by atoms with Crippen LogP contribution in [0.2, 0.25) is 0 Å². The number of para-hydroxylation sites is 1. The number of carbonyl (C=O) groups excluding carboxylic acids is 3. The predicted molar refractivity (Wildman–Crippen MR) is 115 cm³/mol. The number of nitrogens with zero attached hydrogens (tertiary/aromatic N) is 1. The number of hydrogen-bond acceptors (Lipinski definition) is 6. The zero-order valence-corrected chi connectivity index (χ0v) is 20.8. The number of quaternary nitrogens is 1. The van der Waals surface area contributed by atoms with Gasteiger partial charge in [-0.05, 0) is 31.9 Å². The molecule has 1 unspecified atom stereocenters. The Balaban J connectivity index is 0.00000363. The SMILES string of the molecule is CCOC(=O)[C@H](CCc1ccccc1)[N+]1(C(=O)[C@H](C)N)c2ccccc2C[C@H]1C(=O)[O-].[Na+]. The Kier molecular flexibility index (Phi) is 9.18. The zero-order chi connectivity index (χ0) is 22.6. The Bertz CT molecular complexity index is 966. The molecule has 1 amide bonds. The van der Waals surface area contributed by atoms with Crippen LogP contribution in [0.1, 0.15) is 31.4 Å². The number of carbonyl (C=O) groups is 3. The van der Waals surface area contributed by atoms with E-state index in [9.17, 15) is 19.5 Å². The summed E-state index contributed by atoms with van der Waals surface area (Å²) in [5.41, 5.74) is 8.15. The van der Waals surface area contributed by atoms with Crippen LogP contribution in [-0.2, 0) is 32.0 Å². The summed E-state index contributed by atoms with van der Waals surface area (Å²) in [7, 11) is 0. The number of aryl methyl sites for hydroxylation is 1. The first-order valence-electron chi connectivity index (χ1n) is 10.5. The molecule has 3 rings (SSSR count). The van der Waals surface area contributed by atoms with Gasteiger partial charge in [-0.15, -0.1) is 0 Å². The summed E-state index contributed by atoms with van der Waals surface area (Å²) in [4.78, 5) is 39.2. The van der Waals surface area contributed by atoms with E-state index in [1.54, 1.807) is 31.2 Å². The summed E-state index contributed by atoms with van der Waals surface area (Å²) < 4.78 is 4.64. The first-order valence-corrected chi connectivity index (χ1v) is 10.5. The Hall–Kier alpha value is -2.03. The van der Waals surface area contributed by atoms with Gasteiger partial charge in [-0.2, -0.15) is 0 Å². The van der Waals surface area contributed by atoms with Crippen LogP contribution in [0.4, 0.5) is 5.69 Å². The van der Waals surface area contributed by atoms with Gasteiger partial charge in [-0.3, -0.25) is 0 Å². The van der Waals surface area contributed by atoms with Crippen molar-refractivity contribution in [3.63, 3.8) is 0 Å². The minimum absolute atomic E-state index is 0. The molecule has 8 heteroatoms. The topological polar surface area (TPSA) is 110 Å². The molecule has 0 radical (unpaired) electrons. The molecular formula is C24H28N2NaO5+. The van der Waals surface area contributed by atoms with Gasteiger partial charge in [0.25, 0.3) is 0 Å². The fourth-order valence-corrected chi connectivity index (χ4v) is 4.64. The van der Waals surface area contributed by atoms with Crippen LogP contribution in [0.5, 0.6) is 0 Å². The largest absolute Gasteiger partial charge is 1.00 e. The molecule has 0 aliphatic carbocycles. The molecule has 0 bridgehead atoms. The van der Waals surface area contributed by atoms with Crippen molar-refractivity contribution in [2.75, 3.05) is 6.61 Å². The fraction of sp³-hybridized carbons (Fsp3) is 0.375. The fourth-order valence-electron chi connectivity index (χ4n) is 4.64. The quantitative estimate of drug-likeness (QED) is 0.288. The molecule has 1 aliphatic heterocycles. The minimum atomic E-state index is -1.39. The Labute approximate surface area is 210 Å². The van der Waals surface area contributed by atoms with Gasteiger partial charge in [0.15, 0.2) is 6.04 Å². The first-order chi connectivity index (χ1) is 14.8. The molecule has 32 heavy (non-hydrogen) atoms. The van der Waals surface area contributed by atoms with Crippen LogP contribution >= 0.6 is 0 Å². The molecular weight excluding hydrogens is 419 g/mol. The van der Waals surface area contributed by atoms with Gasteiger partial charge in [0.2, 0.25) is 0 Å². The molecule has 0 spiro atoms. The van der Waals surface area contributed by atoms with E-state index in [-0.39, 0.29) is 49.0 Å². The summed E-state index contributed by atoms with van der Waals surface area (Å²) >= 11 is 0. The van der Waals surface area contributed by atoms with Crippen molar-refractivity contribution < 1.29 is 53.8 Å². The second-order valence-electron chi connectivity index (χ2n) is 7.86. The minimum Gasteiger partial charge on any atom is -0.544 e. The monoisotopic (exact) mass is 447 g/mol. The summed E-state index contributed by atoms with van der Waals surface area (Å²) in [6.45, 7) is 3.30. The molecule has 0 saturated carbocycles. The van der Waals surface area contributed by atoms with E-state index in [0.717, 1.165) is 5.56 Å². The molecule has 164 valence electrons. The van der Waals surface area contributed by atoms with Crippen molar-refractivity contribution in [3.05, 3.63) is 65.7 Å². The van der Waals surface area contributed by atoms with Crippen LogP contribution in [0, 0.1) is 0 Å². The van der Waals surface area contributed by atoms with Crippen molar-refractivity contribution >= 4 is 23.5 Å². The van der Waals surface area contributed by atoms with Gasteiger partial charge in [-0.1, -0.05) is 48.5 Å². The van der Waals surface area contributed by atoms with E-state index in [0.29, 0.717) is 17.7 Å². The van der Waals surface area contributed by atoms with Crippen molar-refractivity contribution in [1.82, 2.24) is 4.48 Å². The zero-order valence-electron chi connectivity index (χ0n) is 18.8. The predicted octanol–water partition coefficient (Wildman–Crippen LogP) is -1.89. The number of hydrogen-bond donors (Lipinski definition) is 1. The summed E-state index contributed by atoms with van der Waals surface area (Å²) in [6, 6.07) is 13.2. The molecule has 0 saturated heterocycles. The van der Waals surface area contributed by atoms with Gasteiger partial charge < -0.3 is 20.4 Å². The Morgan fingerprint density at radius 1 is 1.12 bits per heavy atom. The molecule has 2 aromatic rings. The number of amides is 1. The van der Waals surface area contributed by atoms with Crippen molar-refractivity contribution in [2.24, 2.45) is 5.73 Å². The van der Waals surface area contributed by atoms with Gasteiger partial charge in [0.1, 0.15) is 23.7 Å².